The second-order valence-electron chi connectivity index (χ2n) is 6.61. The summed E-state index contributed by atoms with van der Waals surface area (Å²) < 4.78 is 67.3. The van der Waals surface area contributed by atoms with Crippen LogP contribution in [0.5, 0.6) is 5.75 Å². The molecule has 1 aliphatic heterocycles. The number of rotatable bonds is 5. The summed E-state index contributed by atoms with van der Waals surface area (Å²) in [6.45, 7) is 2.57. The van der Waals surface area contributed by atoms with Gasteiger partial charge in [0.1, 0.15) is 5.75 Å². The van der Waals surface area contributed by atoms with Crippen LogP contribution in [-0.4, -0.2) is 38.1 Å². The zero-order chi connectivity index (χ0) is 21.2. The lowest BCUT2D eigenvalue weighted by Crippen LogP contribution is -2.28. The molecule has 0 spiro atoms. The van der Waals surface area contributed by atoms with Gasteiger partial charge in [0.25, 0.3) is 5.91 Å². The number of sulfonamides is 1. The fraction of sp³-hybridized carbons (Fsp3) is 0.316. The molecule has 29 heavy (non-hydrogen) atoms. The lowest BCUT2D eigenvalue weighted by molar-refractivity contribution is -0.274. The van der Waals surface area contributed by atoms with E-state index in [1.54, 1.807) is 13.0 Å². The number of hydrogen-bond acceptors (Lipinski definition) is 4. The van der Waals surface area contributed by atoms with Crippen LogP contribution in [-0.2, 0) is 10.0 Å². The number of hydrogen-bond donors (Lipinski definition) is 1. The number of halogens is 3. The van der Waals surface area contributed by atoms with Crippen molar-refractivity contribution in [2.24, 2.45) is 0 Å². The number of ether oxygens (including phenoxy) is 1. The molecule has 0 saturated carbocycles. The lowest BCUT2D eigenvalue weighted by Gasteiger charge is -2.17. The van der Waals surface area contributed by atoms with Crippen molar-refractivity contribution < 1.29 is 31.1 Å². The Morgan fingerprint density at radius 2 is 1.69 bits per heavy atom. The van der Waals surface area contributed by atoms with Crippen molar-refractivity contribution in [3.05, 3.63) is 53.6 Å². The van der Waals surface area contributed by atoms with Crippen LogP contribution in [0.4, 0.5) is 18.9 Å². The summed E-state index contributed by atoms with van der Waals surface area (Å²) in [6.07, 6.45) is -3.21. The van der Waals surface area contributed by atoms with E-state index in [1.807, 2.05) is 0 Å². The summed E-state index contributed by atoms with van der Waals surface area (Å²) in [4.78, 5) is 12.6. The number of aryl methyl sites for hydroxylation is 1. The number of alkyl halides is 3. The Morgan fingerprint density at radius 3 is 2.28 bits per heavy atom. The molecule has 2 aromatic carbocycles. The van der Waals surface area contributed by atoms with Crippen molar-refractivity contribution in [3.63, 3.8) is 0 Å². The Morgan fingerprint density at radius 1 is 1.07 bits per heavy atom. The van der Waals surface area contributed by atoms with E-state index in [9.17, 15) is 26.4 Å². The van der Waals surface area contributed by atoms with Gasteiger partial charge in [-0.3, -0.25) is 4.79 Å². The smallest absolute Gasteiger partial charge is 0.406 e. The predicted molar refractivity (Wildman–Crippen MR) is 100 cm³/mol. The van der Waals surface area contributed by atoms with Crippen LogP contribution in [0, 0.1) is 6.92 Å². The quantitative estimate of drug-likeness (QED) is 0.783. The molecule has 0 aromatic heterocycles. The minimum absolute atomic E-state index is 0.0316. The summed E-state index contributed by atoms with van der Waals surface area (Å²) in [6, 6.07) is 9.01. The molecule has 0 atom stereocenters. The van der Waals surface area contributed by atoms with Crippen molar-refractivity contribution in [1.29, 1.82) is 0 Å². The highest BCUT2D eigenvalue weighted by Gasteiger charge is 2.31. The van der Waals surface area contributed by atoms with E-state index in [2.05, 4.69) is 10.1 Å². The van der Waals surface area contributed by atoms with Gasteiger partial charge < -0.3 is 10.1 Å². The molecule has 1 fully saturated rings. The predicted octanol–water partition coefficient (Wildman–Crippen LogP) is 3.93. The first-order chi connectivity index (χ1) is 13.6. The second-order valence-corrected chi connectivity index (χ2v) is 8.55. The molecule has 3 rings (SSSR count). The van der Waals surface area contributed by atoms with Crippen LogP contribution in [0.1, 0.15) is 28.8 Å². The zero-order valence-electron chi connectivity index (χ0n) is 15.5. The molecule has 1 heterocycles. The van der Waals surface area contributed by atoms with Gasteiger partial charge in [-0.15, -0.1) is 13.2 Å². The maximum absolute atomic E-state index is 12.7. The Bertz CT molecular complexity index is 999. The van der Waals surface area contributed by atoms with Gasteiger partial charge in [0.2, 0.25) is 10.0 Å². The summed E-state index contributed by atoms with van der Waals surface area (Å²) in [7, 11) is -3.68. The van der Waals surface area contributed by atoms with E-state index in [0.717, 1.165) is 25.0 Å². The van der Waals surface area contributed by atoms with Gasteiger partial charge in [0, 0.05) is 24.3 Å². The molecule has 0 bridgehead atoms. The Hall–Kier alpha value is -2.59. The van der Waals surface area contributed by atoms with E-state index < -0.39 is 28.0 Å². The van der Waals surface area contributed by atoms with E-state index >= 15 is 0 Å². The zero-order valence-corrected chi connectivity index (χ0v) is 16.3. The number of carbonyl (C=O) groups is 1. The summed E-state index contributed by atoms with van der Waals surface area (Å²) in [5.74, 6) is -0.976. The minimum Gasteiger partial charge on any atom is -0.406 e. The number of anilines is 1. The molecular formula is C19H19F3N2O4S. The lowest BCUT2D eigenvalue weighted by atomic mass is 10.1. The highest BCUT2D eigenvalue weighted by atomic mass is 32.2. The molecule has 1 aliphatic rings. The highest BCUT2D eigenvalue weighted by molar-refractivity contribution is 7.89. The van der Waals surface area contributed by atoms with Gasteiger partial charge in [0.05, 0.1) is 4.90 Å². The van der Waals surface area contributed by atoms with E-state index in [4.69, 9.17) is 0 Å². The third kappa shape index (κ3) is 5.07. The molecular weight excluding hydrogens is 409 g/mol. The number of benzene rings is 2. The van der Waals surface area contributed by atoms with Crippen LogP contribution >= 0.6 is 0 Å². The van der Waals surface area contributed by atoms with Crippen LogP contribution in [0.3, 0.4) is 0 Å². The second kappa shape index (κ2) is 8.03. The summed E-state index contributed by atoms with van der Waals surface area (Å²) >= 11 is 0. The van der Waals surface area contributed by atoms with Crippen LogP contribution < -0.4 is 10.1 Å². The van der Waals surface area contributed by atoms with Crippen molar-refractivity contribution in [3.8, 4) is 5.75 Å². The van der Waals surface area contributed by atoms with E-state index in [1.165, 1.54) is 28.6 Å². The third-order valence-electron chi connectivity index (χ3n) is 4.50. The van der Waals surface area contributed by atoms with Crippen LogP contribution in [0.2, 0.25) is 0 Å². The molecule has 1 N–H and O–H groups in total. The maximum atomic E-state index is 12.7. The average Bonchev–Trinajstić information content (AvgIpc) is 3.18. The molecule has 6 nitrogen and oxygen atoms in total. The summed E-state index contributed by atoms with van der Waals surface area (Å²) in [5.41, 5.74) is 0.984. The van der Waals surface area contributed by atoms with Gasteiger partial charge in [0.15, 0.2) is 0 Å². The molecule has 1 amide bonds. The number of nitrogens with zero attached hydrogens (tertiary/aromatic N) is 1. The Balaban J connectivity index is 1.79. The van der Waals surface area contributed by atoms with Crippen LogP contribution in [0.15, 0.2) is 47.4 Å². The first-order valence-electron chi connectivity index (χ1n) is 8.84. The minimum atomic E-state index is -4.80. The van der Waals surface area contributed by atoms with Gasteiger partial charge >= 0.3 is 6.36 Å². The fourth-order valence-electron chi connectivity index (χ4n) is 3.02. The molecule has 10 heteroatoms. The normalized spacial score (nSPS) is 15.3. The van der Waals surface area contributed by atoms with Gasteiger partial charge in [-0.1, -0.05) is 6.07 Å². The molecule has 0 aliphatic carbocycles. The number of amides is 1. The topological polar surface area (TPSA) is 75.7 Å². The number of carbonyl (C=O) groups excluding carboxylic acids is 1. The van der Waals surface area contributed by atoms with Crippen molar-refractivity contribution in [2.75, 3.05) is 18.4 Å². The monoisotopic (exact) mass is 428 g/mol. The standard InChI is InChI=1S/C19H19F3N2O4S/c1-13-4-9-16(29(26,27)24-10-2-3-11-24)12-17(13)18(25)23-14-5-7-15(8-6-14)28-19(20,21)22/h4-9,12H,2-3,10-11H2,1H3,(H,23,25). The Labute approximate surface area is 166 Å². The first-order valence-corrected chi connectivity index (χ1v) is 10.3. The van der Waals surface area contributed by atoms with Crippen molar-refractivity contribution in [2.45, 2.75) is 31.0 Å². The highest BCUT2D eigenvalue weighted by Crippen LogP contribution is 2.26. The summed E-state index contributed by atoms with van der Waals surface area (Å²) in [5, 5.41) is 2.55. The first kappa shape index (κ1) is 21.1. The van der Waals surface area contributed by atoms with Crippen molar-refractivity contribution in [1.82, 2.24) is 4.31 Å². The SMILES string of the molecule is Cc1ccc(S(=O)(=O)N2CCCC2)cc1C(=O)Nc1ccc(OC(F)(F)F)cc1. The third-order valence-corrected chi connectivity index (χ3v) is 6.40. The van der Waals surface area contributed by atoms with Gasteiger partial charge in [-0.05, 0) is 61.7 Å². The molecule has 0 unspecified atom stereocenters. The fourth-order valence-corrected chi connectivity index (χ4v) is 4.57. The van der Waals surface area contributed by atoms with Gasteiger partial charge in [-0.2, -0.15) is 4.31 Å². The van der Waals surface area contributed by atoms with E-state index in [-0.39, 0.29) is 16.1 Å². The molecule has 156 valence electrons. The van der Waals surface area contributed by atoms with Gasteiger partial charge in [-0.25, -0.2) is 8.42 Å². The molecule has 2 aromatic rings. The van der Waals surface area contributed by atoms with Crippen LogP contribution in [0.25, 0.3) is 0 Å². The molecule has 0 radical (unpaired) electrons. The molecule has 1 saturated heterocycles. The maximum Gasteiger partial charge on any atom is 0.573 e. The van der Waals surface area contributed by atoms with E-state index in [0.29, 0.717) is 18.7 Å². The largest absolute Gasteiger partial charge is 0.573 e. The number of nitrogens with one attached hydrogen (secondary N) is 1. The van der Waals surface area contributed by atoms with Crippen molar-refractivity contribution >= 4 is 21.6 Å². The average molecular weight is 428 g/mol. The Kier molecular flexibility index (Phi) is 5.85.